The van der Waals surface area contributed by atoms with Crippen LogP contribution in [-0.2, 0) is 28.7 Å². The standard InChI is InChI=1S/C27H22F6N2O3S/c1-38-22-13-10-19(16-21(22)28)23-24(18-8-11-20(12-9-18)39(2,36)37)34-35(15-14-17-6-4-3-5-7-17)25(23)26(29,30)27(31,32)33/h3-13,16H,14-15H2,1-2H3. The zero-order chi connectivity index (χ0) is 28.6. The van der Waals surface area contributed by atoms with Gasteiger partial charge < -0.3 is 4.74 Å². The van der Waals surface area contributed by atoms with E-state index in [9.17, 15) is 26.0 Å². The van der Waals surface area contributed by atoms with Gasteiger partial charge >= 0.3 is 12.1 Å². The molecule has 0 unspecified atom stereocenters. The predicted octanol–water partition coefficient (Wildman–Crippen LogP) is 6.67. The van der Waals surface area contributed by atoms with Crippen LogP contribution >= 0.6 is 0 Å². The summed E-state index contributed by atoms with van der Waals surface area (Å²) in [6.07, 6.45) is -4.95. The number of aromatic nitrogens is 2. The maximum absolute atomic E-state index is 15.2. The number of ether oxygens (including phenoxy) is 1. The first-order valence-electron chi connectivity index (χ1n) is 11.5. The third-order valence-corrected chi connectivity index (χ3v) is 7.19. The van der Waals surface area contributed by atoms with Gasteiger partial charge in [-0.2, -0.15) is 27.1 Å². The topological polar surface area (TPSA) is 61.2 Å². The molecule has 0 amide bonds. The Labute approximate surface area is 220 Å². The maximum Gasteiger partial charge on any atom is 0.459 e. The molecule has 1 aromatic heterocycles. The van der Waals surface area contributed by atoms with Crippen molar-refractivity contribution in [2.75, 3.05) is 13.4 Å². The van der Waals surface area contributed by atoms with Crippen LogP contribution in [0.1, 0.15) is 11.3 Å². The quantitative estimate of drug-likeness (QED) is 0.223. The van der Waals surface area contributed by atoms with E-state index >= 15 is 8.78 Å². The summed E-state index contributed by atoms with van der Waals surface area (Å²) < 4.78 is 116. The van der Waals surface area contributed by atoms with E-state index in [-0.39, 0.29) is 40.4 Å². The monoisotopic (exact) mass is 568 g/mol. The van der Waals surface area contributed by atoms with Crippen LogP contribution in [-0.4, -0.2) is 37.7 Å². The van der Waals surface area contributed by atoms with Gasteiger partial charge in [-0.15, -0.1) is 0 Å². The van der Waals surface area contributed by atoms with Crippen LogP contribution in [0.4, 0.5) is 26.3 Å². The van der Waals surface area contributed by atoms with Gasteiger partial charge in [0, 0.05) is 23.9 Å². The van der Waals surface area contributed by atoms with E-state index in [0.717, 1.165) is 24.5 Å². The van der Waals surface area contributed by atoms with Crippen molar-refractivity contribution in [2.45, 2.75) is 30.0 Å². The van der Waals surface area contributed by atoms with Gasteiger partial charge in [0.15, 0.2) is 21.4 Å². The number of nitrogens with zero attached hydrogens (tertiary/aromatic N) is 2. The number of alkyl halides is 5. The second-order valence-corrected chi connectivity index (χ2v) is 10.8. The summed E-state index contributed by atoms with van der Waals surface area (Å²) in [6.45, 7) is -0.349. The van der Waals surface area contributed by atoms with Crippen molar-refractivity contribution in [3.05, 3.63) is 89.9 Å². The van der Waals surface area contributed by atoms with Gasteiger partial charge in [-0.25, -0.2) is 12.8 Å². The lowest BCUT2D eigenvalue weighted by molar-refractivity contribution is -0.291. The number of hydrogen-bond donors (Lipinski definition) is 0. The summed E-state index contributed by atoms with van der Waals surface area (Å²) in [4.78, 5) is -0.0901. The van der Waals surface area contributed by atoms with Crippen molar-refractivity contribution in [3.8, 4) is 28.1 Å². The maximum atomic E-state index is 15.2. The van der Waals surface area contributed by atoms with E-state index in [1.54, 1.807) is 30.3 Å². The fourth-order valence-electron chi connectivity index (χ4n) is 4.11. The number of methoxy groups -OCH3 is 1. The fourth-order valence-corrected chi connectivity index (χ4v) is 4.74. The number of halogens is 6. The van der Waals surface area contributed by atoms with Gasteiger partial charge in [0.25, 0.3) is 0 Å². The largest absolute Gasteiger partial charge is 0.494 e. The molecule has 0 bridgehead atoms. The highest BCUT2D eigenvalue weighted by Gasteiger charge is 2.62. The Morgan fingerprint density at radius 2 is 1.51 bits per heavy atom. The highest BCUT2D eigenvalue weighted by Crippen LogP contribution is 2.50. The molecule has 0 spiro atoms. The van der Waals surface area contributed by atoms with Gasteiger partial charge in [-0.05, 0) is 41.8 Å². The van der Waals surface area contributed by atoms with Gasteiger partial charge in [0.1, 0.15) is 11.4 Å². The van der Waals surface area contributed by atoms with Crippen molar-refractivity contribution in [2.24, 2.45) is 0 Å². The minimum Gasteiger partial charge on any atom is -0.494 e. The van der Waals surface area contributed by atoms with Crippen molar-refractivity contribution in [3.63, 3.8) is 0 Å². The molecular weight excluding hydrogens is 546 g/mol. The Morgan fingerprint density at radius 1 is 0.897 bits per heavy atom. The molecule has 39 heavy (non-hydrogen) atoms. The number of benzene rings is 3. The first kappa shape index (κ1) is 28.2. The van der Waals surface area contributed by atoms with Crippen LogP contribution in [0.15, 0.2) is 77.7 Å². The van der Waals surface area contributed by atoms with E-state index < -0.39 is 39.0 Å². The lowest BCUT2D eigenvalue weighted by Crippen LogP contribution is -2.36. The molecule has 0 N–H and O–H groups in total. The molecule has 0 radical (unpaired) electrons. The number of aryl methyl sites for hydroxylation is 2. The Balaban J connectivity index is 2.01. The van der Waals surface area contributed by atoms with Crippen LogP contribution in [0.25, 0.3) is 22.4 Å². The van der Waals surface area contributed by atoms with Gasteiger partial charge in [-0.3, -0.25) is 4.68 Å². The van der Waals surface area contributed by atoms with E-state index in [0.29, 0.717) is 10.2 Å². The normalized spacial score (nSPS) is 12.5. The molecule has 206 valence electrons. The van der Waals surface area contributed by atoms with Crippen LogP contribution in [0.5, 0.6) is 5.75 Å². The molecule has 0 aliphatic carbocycles. The highest BCUT2D eigenvalue weighted by atomic mass is 32.2. The second kappa shape index (κ2) is 10.4. The molecule has 0 atom stereocenters. The van der Waals surface area contributed by atoms with Crippen LogP contribution < -0.4 is 4.74 Å². The van der Waals surface area contributed by atoms with E-state index in [1.165, 1.54) is 31.4 Å². The summed E-state index contributed by atoms with van der Waals surface area (Å²) in [5.74, 6) is -6.59. The predicted molar refractivity (Wildman–Crippen MR) is 133 cm³/mol. The van der Waals surface area contributed by atoms with Gasteiger partial charge in [0.2, 0.25) is 0 Å². The molecule has 0 aliphatic heterocycles. The van der Waals surface area contributed by atoms with Crippen molar-refractivity contribution in [1.29, 1.82) is 0 Å². The second-order valence-electron chi connectivity index (χ2n) is 8.75. The zero-order valence-electron chi connectivity index (χ0n) is 20.6. The van der Waals surface area contributed by atoms with E-state index in [4.69, 9.17) is 4.74 Å². The van der Waals surface area contributed by atoms with E-state index in [1.807, 2.05) is 0 Å². The Bertz CT molecular complexity index is 1580. The molecule has 4 rings (SSSR count). The first-order valence-corrected chi connectivity index (χ1v) is 13.4. The Morgan fingerprint density at radius 3 is 2.05 bits per heavy atom. The van der Waals surface area contributed by atoms with Crippen LogP contribution in [0, 0.1) is 5.82 Å². The molecule has 3 aromatic carbocycles. The van der Waals surface area contributed by atoms with Gasteiger partial charge in [-0.1, -0.05) is 48.5 Å². The molecule has 0 fully saturated rings. The molecule has 0 saturated heterocycles. The molecule has 4 aromatic rings. The fraction of sp³-hybridized carbons (Fsp3) is 0.222. The highest BCUT2D eigenvalue weighted by molar-refractivity contribution is 7.90. The molecule has 1 heterocycles. The Kier molecular flexibility index (Phi) is 7.53. The zero-order valence-corrected chi connectivity index (χ0v) is 21.5. The third-order valence-electron chi connectivity index (χ3n) is 6.06. The van der Waals surface area contributed by atoms with Crippen molar-refractivity contribution in [1.82, 2.24) is 9.78 Å². The third kappa shape index (κ3) is 5.65. The SMILES string of the molecule is COc1ccc(-c2c(-c3ccc(S(C)(=O)=O)cc3)nn(CCc3ccccc3)c2C(F)(F)C(F)(F)F)cc1F. The lowest BCUT2D eigenvalue weighted by atomic mass is 9.96. The average molecular weight is 569 g/mol. The summed E-state index contributed by atoms with van der Waals surface area (Å²) in [6, 6.07) is 16.4. The molecule has 12 heteroatoms. The summed E-state index contributed by atoms with van der Waals surface area (Å²) in [5.41, 5.74) is -1.96. The smallest absolute Gasteiger partial charge is 0.459 e. The summed E-state index contributed by atoms with van der Waals surface area (Å²) in [5, 5.41) is 4.15. The minimum absolute atomic E-state index is 0.0614. The summed E-state index contributed by atoms with van der Waals surface area (Å²) in [7, 11) is -2.44. The van der Waals surface area contributed by atoms with Crippen LogP contribution in [0.2, 0.25) is 0 Å². The summed E-state index contributed by atoms with van der Waals surface area (Å²) >= 11 is 0. The molecule has 0 aliphatic rings. The van der Waals surface area contributed by atoms with E-state index in [2.05, 4.69) is 5.10 Å². The molecular formula is C27H22F6N2O3S. The number of rotatable bonds is 8. The van der Waals surface area contributed by atoms with Crippen LogP contribution in [0.3, 0.4) is 0 Å². The average Bonchev–Trinajstić information content (AvgIpc) is 3.27. The van der Waals surface area contributed by atoms with Crippen molar-refractivity contribution >= 4 is 9.84 Å². The Hall–Kier alpha value is -3.80. The van der Waals surface area contributed by atoms with Gasteiger partial charge in [0.05, 0.1) is 12.0 Å². The number of hydrogen-bond acceptors (Lipinski definition) is 4. The lowest BCUT2D eigenvalue weighted by Gasteiger charge is -2.22. The molecule has 5 nitrogen and oxygen atoms in total. The molecule has 0 saturated carbocycles. The first-order chi connectivity index (χ1) is 18.2. The number of sulfone groups is 1. The van der Waals surface area contributed by atoms with Crippen molar-refractivity contribution < 1.29 is 39.5 Å². The minimum atomic E-state index is -5.99.